The van der Waals surface area contributed by atoms with E-state index < -0.39 is 0 Å². The van der Waals surface area contributed by atoms with Gasteiger partial charge in [0.15, 0.2) is 0 Å². The van der Waals surface area contributed by atoms with Gasteiger partial charge >= 0.3 is 0 Å². The standard InChI is InChI=1S/C22H37N/c1-3-5-7-9-19-10-12-21(13-11-19)22(18-23)16-14-20(15-17-22)8-6-4-2/h12,19-20H,3-11,13-17H2,1-2H3/t19-,20?,22?/m0/s1. The van der Waals surface area contributed by atoms with E-state index in [1.54, 1.807) is 0 Å². The van der Waals surface area contributed by atoms with Crippen molar-refractivity contribution in [3.05, 3.63) is 11.6 Å². The summed E-state index contributed by atoms with van der Waals surface area (Å²) in [7, 11) is 0. The largest absolute Gasteiger partial charge is 0.197 e. The fourth-order valence-corrected chi connectivity index (χ4v) is 4.72. The van der Waals surface area contributed by atoms with Crippen molar-refractivity contribution in [2.45, 2.75) is 104 Å². The highest BCUT2D eigenvalue weighted by Crippen LogP contribution is 2.48. The molecule has 1 heteroatoms. The van der Waals surface area contributed by atoms with Gasteiger partial charge in [-0.3, -0.25) is 0 Å². The maximum Gasteiger partial charge on any atom is 0.0782 e. The van der Waals surface area contributed by atoms with Gasteiger partial charge < -0.3 is 0 Å². The zero-order valence-electron chi connectivity index (χ0n) is 15.6. The predicted molar refractivity (Wildman–Crippen MR) is 99.1 cm³/mol. The van der Waals surface area contributed by atoms with Crippen LogP contribution in [-0.2, 0) is 0 Å². The molecule has 0 bridgehead atoms. The molecular weight excluding hydrogens is 278 g/mol. The smallest absolute Gasteiger partial charge is 0.0782 e. The van der Waals surface area contributed by atoms with E-state index in [-0.39, 0.29) is 5.41 Å². The average molecular weight is 316 g/mol. The minimum Gasteiger partial charge on any atom is -0.197 e. The Kier molecular flexibility index (Phi) is 7.68. The van der Waals surface area contributed by atoms with Gasteiger partial charge in [0, 0.05) is 0 Å². The van der Waals surface area contributed by atoms with Crippen LogP contribution in [0.3, 0.4) is 0 Å². The molecule has 23 heavy (non-hydrogen) atoms. The molecule has 2 rings (SSSR count). The van der Waals surface area contributed by atoms with E-state index in [1.807, 2.05) is 0 Å². The molecule has 130 valence electrons. The molecule has 1 nitrogen and oxygen atoms in total. The highest BCUT2D eigenvalue weighted by molar-refractivity contribution is 5.26. The lowest BCUT2D eigenvalue weighted by atomic mass is 9.64. The fourth-order valence-electron chi connectivity index (χ4n) is 4.72. The normalized spacial score (nSPS) is 31.4. The summed E-state index contributed by atoms with van der Waals surface area (Å²) in [6.07, 6.45) is 20.6. The van der Waals surface area contributed by atoms with E-state index in [1.165, 1.54) is 82.6 Å². The topological polar surface area (TPSA) is 23.8 Å². The Morgan fingerprint density at radius 1 is 1.00 bits per heavy atom. The summed E-state index contributed by atoms with van der Waals surface area (Å²) in [5, 5.41) is 9.90. The zero-order chi connectivity index (χ0) is 16.5. The van der Waals surface area contributed by atoms with E-state index >= 15 is 0 Å². The molecule has 0 aliphatic heterocycles. The molecule has 2 aliphatic rings. The number of allylic oxidation sites excluding steroid dienone is 2. The first kappa shape index (κ1) is 18.6. The molecule has 0 amide bonds. The van der Waals surface area contributed by atoms with E-state index in [0.29, 0.717) is 0 Å². The second-order valence-electron chi connectivity index (χ2n) is 8.15. The van der Waals surface area contributed by atoms with E-state index in [9.17, 15) is 5.26 Å². The third kappa shape index (κ3) is 5.10. The molecule has 1 fully saturated rings. The SMILES string of the molecule is CCCCC[C@H]1CC=C(C2(C#N)CCC(CCCC)CC2)CC1. The lowest BCUT2D eigenvalue weighted by Crippen LogP contribution is -2.29. The number of hydrogen-bond donors (Lipinski definition) is 0. The van der Waals surface area contributed by atoms with Crippen LogP contribution in [0.2, 0.25) is 0 Å². The molecule has 2 aliphatic carbocycles. The summed E-state index contributed by atoms with van der Waals surface area (Å²) in [5.74, 6) is 1.78. The molecule has 0 N–H and O–H groups in total. The van der Waals surface area contributed by atoms with Crippen LogP contribution in [-0.4, -0.2) is 0 Å². The monoisotopic (exact) mass is 315 g/mol. The van der Waals surface area contributed by atoms with Crippen molar-refractivity contribution in [2.24, 2.45) is 17.3 Å². The molecule has 0 saturated heterocycles. The summed E-state index contributed by atoms with van der Waals surface area (Å²) in [6, 6.07) is 2.76. The van der Waals surface area contributed by atoms with Crippen molar-refractivity contribution in [1.29, 1.82) is 5.26 Å². The first-order valence-corrected chi connectivity index (χ1v) is 10.3. The maximum absolute atomic E-state index is 9.90. The fraction of sp³-hybridized carbons (Fsp3) is 0.864. The second kappa shape index (κ2) is 9.51. The quantitative estimate of drug-likeness (QED) is 0.343. The van der Waals surface area contributed by atoms with Crippen molar-refractivity contribution in [3.8, 4) is 6.07 Å². The highest BCUT2D eigenvalue weighted by Gasteiger charge is 2.39. The Morgan fingerprint density at radius 3 is 2.26 bits per heavy atom. The minimum absolute atomic E-state index is 0.0862. The van der Waals surface area contributed by atoms with Gasteiger partial charge in [-0.15, -0.1) is 0 Å². The molecule has 0 aromatic heterocycles. The third-order valence-electron chi connectivity index (χ3n) is 6.49. The summed E-state index contributed by atoms with van der Waals surface area (Å²) in [4.78, 5) is 0. The number of rotatable bonds is 8. The molecule has 0 radical (unpaired) electrons. The Balaban J connectivity index is 1.86. The molecule has 1 atom stereocenters. The molecule has 0 unspecified atom stereocenters. The molecular formula is C22H37N. The number of unbranched alkanes of at least 4 members (excludes halogenated alkanes) is 3. The van der Waals surface area contributed by atoms with E-state index in [0.717, 1.165) is 24.7 Å². The predicted octanol–water partition coefficient (Wildman–Crippen LogP) is 7.18. The maximum atomic E-state index is 9.90. The Morgan fingerprint density at radius 2 is 1.70 bits per heavy atom. The van der Waals surface area contributed by atoms with Gasteiger partial charge in [-0.25, -0.2) is 0 Å². The van der Waals surface area contributed by atoms with Gasteiger partial charge in [-0.05, 0) is 56.8 Å². The van der Waals surface area contributed by atoms with Crippen LogP contribution in [0.4, 0.5) is 0 Å². The van der Waals surface area contributed by atoms with Crippen molar-refractivity contribution in [2.75, 3.05) is 0 Å². The molecule has 1 saturated carbocycles. The first-order chi connectivity index (χ1) is 11.2. The Labute approximate surface area is 144 Å². The van der Waals surface area contributed by atoms with Crippen molar-refractivity contribution in [1.82, 2.24) is 0 Å². The van der Waals surface area contributed by atoms with Crippen molar-refractivity contribution < 1.29 is 0 Å². The van der Waals surface area contributed by atoms with Gasteiger partial charge in [0.05, 0.1) is 11.5 Å². The van der Waals surface area contributed by atoms with Crippen LogP contribution in [0.5, 0.6) is 0 Å². The van der Waals surface area contributed by atoms with Gasteiger partial charge in [-0.1, -0.05) is 70.4 Å². The molecule has 0 aromatic carbocycles. The molecule has 0 heterocycles. The van der Waals surface area contributed by atoms with Crippen LogP contribution >= 0.6 is 0 Å². The van der Waals surface area contributed by atoms with Gasteiger partial charge in [-0.2, -0.15) is 5.26 Å². The Bertz CT molecular complexity index is 406. The summed E-state index contributed by atoms with van der Waals surface area (Å²) in [5.41, 5.74) is 1.43. The van der Waals surface area contributed by atoms with Crippen LogP contribution in [0.15, 0.2) is 11.6 Å². The van der Waals surface area contributed by atoms with Gasteiger partial charge in [0.1, 0.15) is 0 Å². The highest BCUT2D eigenvalue weighted by atomic mass is 14.4. The van der Waals surface area contributed by atoms with Crippen LogP contribution in [0.25, 0.3) is 0 Å². The van der Waals surface area contributed by atoms with E-state index in [4.69, 9.17) is 0 Å². The number of nitriles is 1. The van der Waals surface area contributed by atoms with Gasteiger partial charge in [0.2, 0.25) is 0 Å². The summed E-state index contributed by atoms with van der Waals surface area (Å²) < 4.78 is 0. The first-order valence-electron chi connectivity index (χ1n) is 10.3. The van der Waals surface area contributed by atoms with Crippen LogP contribution in [0.1, 0.15) is 104 Å². The van der Waals surface area contributed by atoms with Crippen LogP contribution < -0.4 is 0 Å². The van der Waals surface area contributed by atoms with Crippen LogP contribution in [0, 0.1) is 28.6 Å². The average Bonchev–Trinajstić information content (AvgIpc) is 2.61. The second-order valence-corrected chi connectivity index (χ2v) is 8.15. The molecule has 0 aromatic rings. The third-order valence-corrected chi connectivity index (χ3v) is 6.49. The van der Waals surface area contributed by atoms with Crippen molar-refractivity contribution in [3.63, 3.8) is 0 Å². The number of hydrogen-bond acceptors (Lipinski definition) is 1. The lowest BCUT2D eigenvalue weighted by molar-refractivity contribution is 0.222. The van der Waals surface area contributed by atoms with Gasteiger partial charge in [0.25, 0.3) is 0 Å². The Hall–Kier alpha value is -0.770. The zero-order valence-corrected chi connectivity index (χ0v) is 15.6. The summed E-state index contributed by atoms with van der Waals surface area (Å²) in [6.45, 7) is 4.57. The minimum atomic E-state index is -0.0862. The lowest BCUT2D eigenvalue weighted by Gasteiger charge is -2.39. The summed E-state index contributed by atoms with van der Waals surface area (Å²) >= 11 is 0. The van der Waals surface area contributed by atoms with E-state index in [2.05, 4.69) is 26.0 Å². The van der Waals surface area contributed by atoms with Crippen molar-refractivity contribution >= 4 is 0 Å². The molecule has 0 spiro atoms. The number of nitrogens with zero attached hydrogens (tertiary/aromatic N) is 1.